The molecule has 0 spiro atoms. The maximum absolute atomic E-state index is 5.91. The Morgan fingerprint density at radius 2 is 1.65 bits per heavy atom. The van der Waals surface area contributed by atoms with E-state index in [0.717, 1.165) is 23.8 Å². The Balaban J connectivity index is 1.64. The van der Waals surface area contributed by atoms with Gasteiger partial charge in [-0.2, -0.15) is 0 Å². The molecule has 4 aromatic rings. The topological polar surface area (TPSA) is 26.0 Å². The molecule has 1 aliphatic rings. The lowest BCUT2D eigenvalue weighted by atomic mass is 9.82. The molecule has 0 amide bonds. The Morgan fingerprint density at radius 1 is 0.885 bits per heavy atom. The minimum Gasteiger partial charge on any atom is -0.441 e. The van der Waals surface area contributed by atoms with Gasteiger partial charge in [0.25, 0.3) is 0 Å². The predicted octanol–water partition coefficient (Wildman–Crippen LogP) is 6.21. The lowest BCUT2D eigenvalue weighted by Gasteiger charge is -2.22. The van der Waals surface area contributed by atoms with Crippen molar-refractivity contribution in [2.45, 2.75) is 19.3 Å². The van der Waals surface area contributed by atoms with Crippen molar-refractivity contribution in [1.82, 2.24) is 4.98 Å². The summed E-state index contributed by atoms with van der Waals surface area (Å²) in [5.41, 5.74) is 4.89. The fraction of sp³-hybridized carbons (Fsp3) is 0.125. The first kappa shape index (κ1) is 15.2. The highest BCUT2D eigenvalue weighted by molar-refractivity contribution is 5.90. The number of aryl methyl sites for hydroxylation is 1. The lowest BCUT2D eigenvalue weighted by Crippen LogP contribution is -2.08. The quantitative estimate of drug-likeness (QED) is 0.434. The van der Waals surface area contributed by atoms with Crippen LogP contribution in [0.1, 0.15) is 40.8 Å². The summed E-state index contributed by atoms with van der Waals surface area (Å²) in [5, 5.41) is 2.53. The van der Waals surface area contributed by atoms with Gasteiger partial charge >= 0.3 is 0 Å². The second-order valence-corrected chi connectivity index (χ2v) is 6.88. The molecule has 0 fully saturated rings. The van der Waals surface area contributed by atoms with Crippen LogP contribution in [-0.2, 0) is 0 Å². The number of benzene rings is 3. The third-order valence-corrected chi connectivity index (χ3v) is 5.17. The number of fused-ring (bicyclic) bond motifs is 2. The van der Waals surface area contributed by atoms with Gasteiger partial charge in [0.1, 0.15) is 0 Å². The molecule has 1 atom stereocenters. The molecule has 5 rings (SSSR count). The average molecular weight is 337 g/mol. The highest BCUT2D eigenvalue weighted by Gasteiger charge is 2.28. The zero-order valence-electron chi connectivity index (χ0n) is 14.6. The van der Waals surface area contributed by atoms with E-state index in [4.69, 9.17) is 4.42 Å². The van der Waals surface area contributed by atoms with Crippen LogP contribution in [0, 0.1) is 6.92 Å². The summed E-state index contributed by atoms with van der Waals surface area (Å²) >= 11 is 0. The van der Waals surface area contributed by atoms with Gasteiger partial charge in [-0.25, -0.2) is 4.98 Å². The molecule has 3 aromatic carbocycles. The number of nitrogens with zero attached hydrogens (tertiary/aromatic N) is 1. The number of rotatable bonds is 2. The predicted molar refractivity (Wildman–Crippen MR) is 106 cm³/mol. The Hall–Kier alpha value is -3.13. The molecule has 26 heavy (non-hydrogen) atoms. The van der Waals surface area contributed by atoms with Gasteiger partial charge in [-0.05, 0) is 46.0 Å². The highest BCUT2D eigenvalue weighted by atomic mass is 16.4. The Bertz CT molecular complexity index is 1120. The molecule has 1 aromatic heterocycles. The third-order valence-electron chi connectivity index (χ3n) is 5.17. The molecule has 0 saturated heterocycles. The minimum absolute atomic E-state index is 0.232. The van der Waals surface area contributed by atoms with Crippen LogP contribution < -0.4 is 0 Å². The number of aromatic nitrogens is 1. The molecule has 1 aliphatic carbocycles. The van der Waals surface area contributed by atoms with Gasteiger partial charge in [0.15, 0.2) is 11.7 Å². The van der Waals surface area contributed by atoms with E-state index in [1.165, 1.54) is 27.5 Å². The first-order chi connectivity index (χ1) is 12.8. The van der Waals surface area contributed by atoms with E-state index in [-0.39, 0.29) is 5.92 Å². The minimum atomic E-state index is 0.232. The molecule has 2 heteroatoms. The Kier molecular flexibility index (Phi) is 3.49. The highest BCUT2D eigenvalue weighted by Crippen LogP contribution is 2.42. The van der Waals surface area contributed by atoms with Gasteiger partial charge < -0.3 is 4.42 Å². The lowest BCUT2D eigenvalue weighted by molar-refractivity contribution is 0.510. The van der Waals surface area contributed by atoms with Crippen LogP contribution in [0.5, 0.6) is 0 Å². The number of hydrogen-bond donors (Lipinski definition) is 0. The van der Waals surface area contributed by atoms with Crippen molar-refractivity contribution in [1.29, 1.82) is 0 Å². The molecular weight excluding hydrogens is 318 g/mol. The summed E-state index contributed by atoms with van der Waals surface area (Å²) in [6, 6.07) is 25.8. The van der Waals surface area contributed by atoms with Crippen molar-refractivity contribution in [3.05, 3.63) is 101 Å². The molecule has 0 aliphatic heterocycles. The van der Waals surface area contributed by atoms with Crippen LogP contribution >= 0.6 is 0 Å². The SMILES string of the molecule is Cc1nc2c(o1)C=C(c1ccc3ccccc3c1)CC2c1ccccc1. The summed E-state index contributed by atoms with van der Waals surface area (Å²) in [7, 11) is 0. The largest absolute Gasteiger partial charge is 0.441 e. The zero-order chi connectivity index (χ0) is 17.5. The van der Waals surface area contributed by atoms with Gasteiger partial charge in [0.2, 0.25) is 0 Å². The normalized spacial score (nSPS) is 16.3. The van der Waals surface area contributed by atoms with E-state index in [1.807, 2.05) is 6.92 Å². The van der Waals surface area contributed by atoms with E-state index in [1.54, 1.807) is 0 Å². The second-order valence-electron chi connectivity index (χ2n) is 6.88. The van der Waals surface area contributed by atoms with Crippen molar-refractivity contribution in [2.24, 2.45) is 0 Å². The standard InChI is InChI=1S/C24H19NO/c1-16-25-24-22(18-8-3-2-4-9-18)14-21(15-23(24)26-16)20-12-11-17-7-5-6-10-19(17)13-20/h2-13,15,22H,14H2,1H3. The van der Waals surface area contributed by atoms with Gasteiger partial charge in [-0.1, -0.05) is 66.7 Å². The number of oxazole rings is 1. The van der Waals surface area contributed by atoms with E-state index >= 15 is 0 Å². The fourth-order valence-corrected chi connectivity index (χ4v) is 3.90. The molecule has 2 nitrogen and oxygen atoms in total. The first-order valence-electron chi connectivity index (χ1n) is 9.00. The van der Waals surface area contributed by atoms with Crippen molar-refractivity contribution in [3.8, 4) is 0 Å². The van der Waals surface area contributed by atoms with Crippen molar-refractivity contribution >= 4 is 22.4 Å². The third kappa shape index (κ3) is 2.55. The van der Waals surface area contributed by atoms with Crippen LogP contribution in [0.15, 0.2) is 77.2 Å². The monoisotopic (exact) mass is 337 g/mol. The molecule has 126 valence electrons. The van der Waals surface area contributed by atoms with Crippen molar-refractivity contribution in [3.63, 3.8) is 0 Å². The van der Waals surface area contributed by atoms with Crippen LogP contribution in [0.2, 0.25) is 0 Å². The maximum atomic E-state index is 5.91. The van der Waals surface area contributed by atoms with Crippen LogP contribution in [-0.4, -0.2) is 4.98 Å². The van der Waals surface area contributed by atoms with Gasteiger partial charge in [0, 0.05) is 12.8 Å². The summed E-state index contributed by atoms with van der Waals surface area (Å²) in [6.07, 6.45) is 3.10. The van der Waals surface area contributed by atoms with Crippen molar-refractivity contribution < 1.29 is 4.42 Å². The van der Waals surface area contributed by atoms with E-state index in [9.17, 15) is 0 Å². The molecule has 1 unspecified atom stereocenters. The fourth-order valence-electron chi connectivity index (χ4n) is 3.90. The Labute approximate surface area is 152 Å². The van der Waals surface area contributed by atoms with Crippen LogP contribution in [0.3, 0.4) is 0 Å². The molecule has 0 bridgehead atoms. The molecular formula is C24H19NO. The molecule has 0 radical (unpaired) electrons. The average Bonchev–Trinajstić information content (AvgIpc) is 3.07. The first-order valence-corrected chi connectivity index (χ1v) is 9.00. The van der Waals surface area contributed by atoms with Gasteiger partial charge in [-0.3, -0.25) is 0 Å². The molecule has 0 saturated carbocycles. The van der Waals surface area contributed by atoms with Gasteiger partial charge in [0.05, 0.1) is 5.69 Å². The second kappa shape index (κ2) is 5.99. The van der Waals surface area contributed by atoms with E-state index in [0.29, 0.717) is 0 Å². The van der Waals surface area contributed by atoms with Gasteiger partial charge in [-0.15, -0.1) is 0 Å². The molecule has 0 N–H and O–H groups in total. The summed E-state index contributed by atoms with van der Waals surface area (Å²) in [6.45, 7) is 1.92. The van der Waals surface area contributed by atoms with Crippen LogP contribution in [0.4, 0.5) is 0 Å². The zero-order valence-corrected chi connectivity index (χ0v) is 14.6. The summed E-state index contributed by atoms with van der Waals surface area (Å²) in [4.78, 5) is 4.68. The smallest absolute Gasteiger partial charge is 0.192 e. The van der Waals surface area contributed by atoms with E-state index in [2.05, 4.69) is 83.9 Å². The van der Waals surface area contributed by atoms with Crippen molar-refractivity contribution in [2.75, 3.05) is 0 Å². The maximum Gasteiger partial charge on any atom is 0.192 e. The van der Waals surface area contributed by atoms with Crippen LogP contribution in [0.25, 0.3) is 22.4 Å². The molecule has 1 heterocycles. The Morgan fingerprint density at radius 3 is 2.50 bits per heavy atom. The summed E-state index contributed by atoms with van der Waals surface area (Å²) < 4.78 is 5.91. The summed E-state index contributed by atoms with van der Waals surface area (Å²) in [5.74, 6) is 1.85. The van der Waals surface area contributed by atoms with E-state index < -0.39 is 0 Å². The number of hydrogen-bond acceptors (Lipinski definition) is 2. The number of allylic oxidation sites excluding steroid dienone is 1.